The van der Waals surface area contributed by atoms with Crippen LogP contribution in [0.2, 0.25) is 0 Å². The Kier molecular flexibility index (Phi) is 5.79. The fourth-order valence-corrected chi connectivity index (χ4v) is 3.99. The summed E-state index contributed by atoms with van der Waals surface area (Å²) in [5.41, 5.74) is 1.57. The Hall–Kier alpha value is -2.42. The van der Waals surface area contributed by atoms with Gasteiger partial charge in [-0.1, -0.05) is 18.2 Å². The molecule has 2 N–H and O–H groups in total. The zero-order chi connectivity index (χ0) is 19.4. The molecule has 1 saturated heterocycles. The second-order valence-electron chi connectivity index (χ2n) is 6.50. The predicted octanol–water partition coefficient (Wildman–Crippen LogP) is 1.60. The highest BCUT2D eigenvalue weighted by Crippen LogP contribution is 2.27. The summed E-state index contributed by atoms with van der Waals surface area (Å²) in [5.74, 6) is -0.348. The van der Waals surface area contributed by atoms with Crippen LogP contribution in [0.25, 0.3) is 0 Å². The molecular formula is C19H24N4O3S. The summed E-state index contributed by atoms with van der Waals surface area (Å²) in [7, 11) is -0.290. The molecule has 0 aromatic heterocycles. The minimum Gasteiger partial charge on any atom is -0.368 e. The van der Waals surface area contributed by atoms with Gasteiger partial charge in [-0.15, -0.1) is 0 Å². The Labute approximate surface area is 160 Å². The van der Waals surface area contributed by atoms with Gasteiger partial charge in [-0.25, -0.2) is 13.1 Å². The molecule has 1 fully saturated rings. The second kappa shape index (κ2) is 8.08. The molecule has 7 nitrogen and oxygen atoms in total. The molecule has 1 aliphatic heterocycles. The topological polar surface area (TPSA) is 81.7 Å². The van der Waals surface area contributed by atoms with Gasteiger partial charge in [0.05, 0.1) is 5.69 Å². The van der Waals surface area contributed by atoms with Crippen LogP contribution in [0.1, 0.15) is 10.4 Å². The fourth-order valence-electron chi connectivity index (χ4n) is 3.01. The first-order chi connectivity index (χ1) is 12.9. The molecule has 1 amide bonds. The van der Waals surface area contributed by atoms with E-state index in [1.165, 1.54) is 13.1 Å². The van der Waals surface area contributed by atoms with Crippen LogP contribution >= 0.6 is 0 Å². The first-order valence-electron chi connectivity index (χ1n) is 8.78. The van der Waals surface area contributed by atoms with Crippen molar-refractivity contribution in [3.05, 3.63) is 54.1 Å². The highest BCUT2D eigenvalue weighted by Gasteiger charge is 2.24. The van der Waals surface area contributed by atoms with Gasteiger partial charge in [-0.2, -0.15) is 0 Å². The van der Waals surface area contributed by atoms with Crippen molar-refractivity contribution < 1.29 is 13.2 Å². The standard InChI is InChI=1S/C19H24N4O3S/c1-20-27(25,26)18-14-15(19(24)21-16-6-4-3-5-7-16)8-9-17(18)23-12-10-22(2)11-13-23/h3-9,14,20H,10-13H2,1-2H3,(H,21,24). The van der Waals surface area contributed by atoms with Gasteiger partial charge in [0.25, 0.3) is 5.91 Å². The van der Waals surface area contributed by atoms with Crippen LogP contribution in [-0.4, -0.2) is 59.5 Å². The van der Waals surface area contributed by atoms with Crippen LogP contribution in [0.4, 0.5) is 11.4 Å². The third-order valence-electron chi connectivity index (χ3n) is 4.66. The van der Waals surface area contributed by atoms with Crippen molar-refractivity contribution in [2.24, 2.45) is 0 Å². The molecule has 1 aliphatic rings. The van der Waals surface area contributed by atoms with Crippen molar-refractivity contribution in [1.82, 2.24) is 9.62 Å². The lowest BCUT2D eigenvalue weighted by Gasteiger charge is -2.35. The second-order valence-corrected chi connectivity index (χ2v) is 8.36. The van der Waals surface area contributed by atoms with Crippen LogP contribution in [0.3, 0.4) is 0 Å². The van der Waals surface area contributed by atoms with Gasteiger partial charge in [0.2, 0.25) is 10.0 Å². The Bertz CT molecular complexity index is 908. The number of hydrogen-bond acceptors (Lipinski definition) is 5. The molecule has 144 valence electrons. The highest BCUT2D eigenvalue weighted by atomic mass is 32.2. The lowest BCUT2D eigenvalue weighted by Crippen LogP contribution is -2.45. The quantitative estimate of drug-likeness (QED) is 0.813. The van der Waals surface area contributed by atoms with E-state index in [-0.39, 0.29) is 10.8 Å². The van der Waals surface area contributed by atoms with Crippen molar-refractivity contribution in [3.63, 3.8) is 0 Å². The number of carbonyl (C=O) groups excluding carboxylic acids is 1. The fraction of sp³-hybridized carbons (Fsp3) is 0.316. The molecule has 0 unspecified atom stereocenters. The molecule has 0 saturated carbocycles. The number of likely N-dealkylation sites (N-methyl/N-ethyl adjacent to an activating group) is 1. The largest absolute Gasteiger partial charge is 0.368 e. The van der Waals surface area contributed by atoms with Gasteiger partial charge in [0.15, 0.2) is 0 Å². The normalized spacial score (nSPS) is 15.6. The van der Waals surface area contributed by atoms with Crippen LogP contribution in [0, 0.1) is 0 Å². The van der Waals surface area contributed by atoms with Crippen LogP contribution in [0.5, 0.6) is 0 Å². The average molecular weight is 388 g/mol. The van der Waals surface area contributed by atoms with Gasteiger partial charge in [0.1, 0.15) is 4.90 Å². The molecule has 1 heterocycles. The van der Waals surface area contributed by atoms with Gasteiger partial charge in [-0.3, -0.25) is 4.79 Å². The number of rotatable bonds is 5. The number of amides is 1. The molecule has 3 rings (SSSR count). The number of piperazine rings is 1. The summed E-state index contributed by atoms with van der Waals surface area (Å²) in [6, 6.07) is 13.9. The Morgan fingerprint density at radius 3 is 2.30 bits per heavy atom. The monoisotopic (exact) mass is 388 g/mol. The number of nitrogens with zero attached hydrogens (tertiary/aromatic N) is 2. The maximum atomic E-state index is 12.6. The first-order valence-corrected chi connectivity index (χ1v) is 10.3. The lowest BCUT2D eigenvalue weighted by molar-refractivity contribution is 0.102. The van der Waals surface area contributed by atoms with Crippen molar-refractivity contribution in [1.29, 1.82) is 0 Å². The summed E-state index contributed by atoms with van der Waals surface area (Å²) in [5, 5.41) is 2.79. The Balaban J connectivity index is 1.93. The zero-order valence-corrected chi connectivity index (χ0v) is 16.3. The summed E-state index contributed by atoms with van der Waals surface area (Å²) in [6.07, 6.45) is 0. The summed E-state index contributed by atoms with van der Waals surface area (Å²) in [6.45, 7) is 3.18. The minimum absolute atomic E-state index is 0.121. The van der Waals surface area contributed by atoms with E-state index < -0.39 is 10.0 Å². The number of sulfonamides is 1. The number of para-hydroxylation sites is 1. The van der Waals surface area contributed by atoms with E-state index in [4.69, 9.17) is 0 Å². The third kappa shape index (κ3) is 4.47. The maximum absolute atomic E-state index is 12.6. The molecule has 0 aliphatic carbocycles. The Morgan fingerprint density at radius 1 is 1.00 bits per heavy atom. The average Bonchev–Trinajstić information content (AvgIpc) is 2.69. The maximum Gasteiger partial charge on any atom is 0.255 e. The van der Waals surface area contributed by atoms with E-state index in [2.05, 4.69) is 14.9 Å². The first kappa shape index (κ1) is 19.3. The SMILES string of the molecule is CNS(=O)(=O)c1cc(C(=O)Nc2ccccc2)ccc1N1CCN(C)CC1. The van der Waals surface area contributed by atoms with Gasteiger partial charge < -0.3 is 15.1 Å². The van der Waals surface area contributed by atoms with Gasteiger partial charge in [-0.05, 0) is 44.4 Å². The van der Waals surface area contributed by atoms with E-state index in [0.717, 1.165) is 26.2 Å². The van der Waals surface area contributed by atoms with Crippen molar-refractivity contribution >= 4 is 27.3 Å². The molecule has 0 radical (unpaired) electrons. The van der Waals surface area contributed by atoms with Crippen LogP contribution < -0.4 is 14.9 Å². The van der Waals surface area contributed by atoms with E-state index in [9.17, 15) is 13.2 Å². The smallest absolute Gasteiger partial charge is 0.255 e. The van der Waals surface area contributed by atoms with Crippen molar-refractivity contribution in [3.8, 4) is 0 Å². The number of nitrogens with one attached hydrogen (secondary N) is 2. The number of benzene rings is 2. The molecule has 0 bridgehead atoms. The molecule has 0 spiro atoms. The summed E-state index contributed by atoms with van der Waals surface area (Å²) in [4.78, 5) is 16.9. The number of anilines is 2. The Morgan fingerprint density at radius 2 is 1.67 bits per heavy atom. The molecule has 27 heavy (non-hydrogen) atoms. The molecule has 0 atom stereocenters. The number of hydrogen-bond donors (Lipinski definition) is 2. The highest BCUT2D eigenvalue weighted by molar-refractivity contribution is 7.89. The van der Waals surface area contributed by atoms with Crippen LogP contribution in [0.15, 0.2) is 53.4 Å². The predicted molar refractivity (Wildman–Crippen MR) is 107 cm³/mol. The number of carbonyl (C=O) groups is 1. The van der Waals surface area contributed by atoms with E-state index in [1.807, 2.05) is 30.1 Å². The van der Waals surface area contributed by atoms with E-state index in [1.54, 1.807) is 24.3 Å². The zero-order valence-electron chi connectivity index (χ0n) is 15.5. The lowest BCUT2D eigenvalue weighted by atomic mass is 10.1. The molecular weight excluding hydrogens is 364 g/mol. The minimum atomic E-state index is -3.71. The summed E-state index contributed by atoms with van der Waals surface area (Å²) >= 11 is 0. The van der Waals surface area contributed by atoms with Gasteiger partial charge in [0, 0.05) is 37.4 Å². The molecule has 2 aromatic carbocycles. The van der Waals surface area contributed by atoms with Crippen molar-refractivity contribution in [2.45, 2.75) is 4.90 Å². The molecule has 8 heteroatoms. The van der Waals surface area contributed by atoms with E-state index in [0.29, 0.717) is 16.9 Å². The summed E-state index contributed by atoms with van der Waals surface area (Å²) < 4.78 is 27.5. The van der Waals surface area contributed by atoms with Gasteiger partial charge >= 0.3 is 0 Å². The molecule has 2 aromatic rings. The van der Waals surface area contributed by atoms with E-state index >= 15 is 0 Å². The van der Waals surface area contributed by atoms with Crippen molar-refractivity contribution in [2.75, 3.05) is 50.5 Å². The third-order valence-corrected chi connectivity index (χ3v) is 6.10. The van der Waals surface area contributed by atoms with Crippen LogP contribution in [-0.2, 0) is 10.0 Å².